The number of nitrogens with zero attached hydrogens (tertiary/aromatic N) is 2. The van der Waals surface area contributed by atoms with Crippen LogP contribution in [0.5, 0.6) is 0 Å². The van der Waals surface area contributed by atoms with Gasteiger partial charge >= 0.3 is 5.97 Å². The Morgan fingerprint density at radius 1 is 1.21 bits per heavy atom. The first-order chi connectivity index (χ1) is 9.08. The van der Waals surface area contributed by atoms with Crippen LogP contribution in [0, 0.1) is 0 Å². The van der Waals surface area contributed by atoms with Gasteiger partial charge in [-0.1, -0.05) is 12.1 Å². The lowest BCUT2D eigenvalue weighted by molar-refractivity contribution is 0.0459. The van der Waals surface area contributed by atoms with Crippen LogP contribution in [0.4, 0.5) is 0 Å². The van der Waals surface area contributed by atoms with Gasteiger partial charge in [0.15, 0.2) is 5.78 Å². The summed E-state index contributed by atoms with van der Waals surface area (Å²) in [6, 6.07) is 6.38. The van der Waals surface area contributed by atoms with Gasteiger partial charge in [-0.25, -0.2) is 9.78 Å². The summed E-state index contributed by atoms with van der Waals surface area (Å²) in [5, 5.41) is 0. The van der Waals surface area contributed by atoms with Gasteiger partial charge in [0.1, 0.15) is 12.4 Å². The molecule has 0 aliphatic rings. The molecule has 2 rings (SSSR count). The van der Waals surface area contributed by atoms with E-state index < -0.39 is 5.97 Å². The number of carbonyl (C=O) groups excluding carboxylic acids is 2. The summed E-state index contributed by atoms with van der Waals surface area (Å²) in [6.45, 7) is 1.60. The Hall–Kier alpha value is -2.43. The van der Waals surface area contributed by atoms with Crippen molar-refractivity contribution in [1.29, 1.82) is 0 Å². The van der Waals surface area contributed by atoms with Crippen molar-refractivity contribution in [3.8, 4) is 0 Å². The molecular weight excluding hydrogens is 244 g/mol. The predicted molar refractivity (Wildman–Crippen MR) is 68.8 cm³/mol. The van der Waals surface area contributed by atoms with Crippen molar-refractivity contribution in [3.63, 3.8) is 0 Å². The van der Waals surface area contributed by atoms with E-state index in [1.807, 2.05) is 7.05 Å². The average Bonchev–Trinajstić information content (AvgIpc) is 2.81. The van der Waals surface area contributed by atoms with Crippen molar-refractivity contribution in [1.82, 2.24) is 9.55 Å². The number of ketones is 1. The lowest BCUT2D eigenvalue weighted by Gasteiger charge is -2.05. The van der Waals surface area contributed by atoms with Gasteiger partial charge in [0.25, 0.3) is 0 Å². The first kappa shape index (κ1) is 13.0. The van der Waals surface area contributed by atoms with E-state index >= 15 is 0 Å². The molecule has 19 heavy (non-hydrogen) atoms. The topological polar surface area (TPSA) is 61.2 Å². The van der Waals surface area contributed by atoms with E-state index in [1.54, 1.807) is 41.2 Å². The molecule has 1 heterocycles. The number of Topliss-reactive ketones (excluding diaryl/α,β-unsaturated/α-hetero) is 1. The highest BCUT2D eigenvalue weighted by Gasteiger charge is 2.09. The number of ether oxygens (including phenoxy) is 1. The molecule has 0 aliphatic carbocycles. The van der Waals surface area contributed by atoms with Gasteiger partial charge < -0.3 is 9.30 Å². The van der Waals surface area contributed by atoms with Gasteiger partial charge in [-0.05, 0) is 19.1 Å². The maximum absolute atomic E-state index is 11.8. The number of carbonyl (C=O) groups is 2. The fraction of sp³-hybridized carbons (Fsp3) is 0.214. The standard InChI is InChI=1S/C14H14N2O3/c1-10(17)11-3-5-12(6-4-11)14(18)19-9-13-15-7-8-16(13)2/h3-8H,9H2,1-2H3. The van der Waals surface area contributed by atoms with E-state index in [4.69, 9.17) is 4.74 Å². The smallest absolute Gasteiger partial charge is 0.338 e. The van der Waals surface area contributed by atoms with Crippen molar-refractivity contribution in [3.05, 3.63) is 53.6 Å². The lowest BCUT2D eigenvalue weighted by atomic mass is 10.1. The zero-order chi connectivity index (χ0) is 13.8. The van der Waals surface area contributed by atoms with Crippen molar-refractivity contribution in [2.45, 2.75) is 13.5 Å². The van der Waals surface area contributed by atoms with Crippen molar-refractivity contribution in [2.75, 3.05) is 0 Å². The average molecular weight is 258 g/mol. The second-order valence-corrected chi connectivity index (χ2v) is 4.16. The number of hydrogen-bond donors (Lipinski definition) is 0. The van der Waals surface area contributed by atoms with Gasteiger partial charge in [-0.2, -0.15) is 0 Å². The van der Waals surface area contributed by atoms with E-state index in [1.165, 1.54) is 6.92 Å². The van der Waals surface area contributed by atoms with Crippen LogP contribution >= 0.6 is 0 Å². The van der Waals surface area contributed by atoms with Crippen molar-refractivity contribution >= 4 is 11.8 Å². The molecule has 1 aromatic heterocycles. The monoisotopic (exact) mass is 258 g/mol. The van der Waals surface area contributed by atoms with Gasteiger partial charge in [0.05, 0.1) is 5.56 Å². The van der Waals surface area contributed by atoms with Gasteiger partial charge in [0, 0.05) is 25.0 Å². The molecule has 0 N–H and O–H groups in total. The quantitative estimate of drug-likeness (QED) is 0.621. The minimum Gasteiger partial charge on any atom is -0.454 e. The van der Waals surface area contributed by atoms with Crippen molar-refractivity contribution in [2.24, 2.45) is 7.05 Å². The summed E-state index contributed by atoms with van der Waals surface area (Å²) in [7, 11) is 1.83. The molecule has 0 amide bonds. The summed E-state index contributed by atoms with van der Waals surface area (Å²) in [4.78, 5) is 27.0. The molecule has 0 spiro atoms. The summed E-state index contributed by atoms with van der Waals surface area (Å²) >= 11 is 0. The third-order valence-electron chi connectivity index (χ3n) is 2.78. The second-order valence-electron chi connectivity index (χ2n) is 4.16. The maximum atomic E-state index is 11.8. The Bertz CT molecular complexity index is 599. The number of imidazole rings is 1. The van der Waals surface area contributed by atoms with Crippen LogP contribution in [-0.4, -0.2) is 21.3 Å². The second kappa shape index (κ2) is 5.48. The number of aryl methyl sites for hydroxylation is 1. The van der Waals surface area contributed by atoms with E-state index in [0.717, 1.165) is 0 Å². The van der Waals surface area contributed by atoms with E-state index in [2.05, 4.69) is 4.98 Å². The molecule has 0 radical (unpaired) electrons. The summed E-state index contributed by atoms with van der Waals surface area (Å²) < 4.78 is 6.93. The summed E-state index contributed by atoms with van der Waals surface area (Å²) in [6.07, 6.45) is 3.43. The number of benzene rings is 1. The van der Waals surface area contributed by atoms with E-state index in [0.29, 0.717) is 17.0 Å². The third-order valence-corrected chi connectivity index (χ3v) is 2.78. The molecule has 0 fully saturated rings. The molecule has 0 bridgehead atoms. The van der Waals surface area contributed by atoms with Crippen molar-refractivity contribution < 1.29 is 14.3 Å². The molecule has 0 aliphatic heterocycles. The fourth-order valence-electron chi connectivity index (χ4n) is 1.59. The highest BCUT2D eigenvalue weighted by atomic mass is 16.5. The molecule has 98 valence electrons. The molecular formula is C14H14N2O3. The minimum atomic E-state index is -0.432. The maximum Gasteiger partial charge on any atom is 0.338 e. The van der Waals surface area contributed by atoms with Gasteiger partial charge in [-0.15, -0.1) is 0 Å². The third kappa shape index (κ3) is 3.07. The van der Waals surface area contributed by atoms with Gasteiger partial charge in [-0.3, -0.25) is 4.79 Å². The van der Waals surface area contributed by atoms with Gasteiger partial charge in [0.2, 0.25) is 0 Å². The summed E-state index contributed by atoms with van der Waals surface area (Å²) in [5.74, 6) is 0.208. The first-order valence-corrected chi connectivity index (χ1v) is 5.82. The normalized spacial score (nSPS) is 10.2. The molecule has 1 aromatic carbocycles. The highest BCUT2D eigenvalue weighted by molar-refractivity contribution is 5.96. The lowest BCUT2D eigenvalue weighted by Crippen LogP contribution is -2.08. The molecule has 5 heteroatoms. The Labute approximate surface area is 110 Å². The van der Waals surface area contributed by atoms with Crippen LogP contribution in [0.25, 0.3) is 0 Å². The Morgan fingerprint density at radius 2 is 1.84 bits per heavy atom. The fourth-order valence-corrected chi connectivity index (χ4v) is 1.59. The van der Waals surface area contributed by atoms with Crippen LogP contribution in [0.1, 0.15) is 33.5 Å². The van der Waals surface area contributed by atoms with Crippen LogP contribution in [0.3, 0.4) is 0 Å². The van der Waals surface area contributed by atoms with Crippen LogP contribution in [0.2, 0.25) is 0 Å². The number of rotatable bonds is 4. The molecule has 0 unspecified atom stereocenters. The van der Waals surface area contributed by atoms with Crippen LogP contribution < -0.4 is 0 Å². The number of esters is 1. The Morgan fingerprint density at radius 3 is 2.37 bits per heavy atom. The number of hydrogen-bond acceptors (Lipinski definition) is 4. The predicted octanol–water partition coefficient (Wildman–Crippen LogP) is 1.98. The zero-order valence-electron chi connectivity index (χ0n) is 10.8. The Balaban J connectivity index is 2.00. The summed E-state index contributed by atoms with van der Waals surface area (Å²) in [5.41, 5.74) is 0.986. The first-order valence-electron chi connectivity index (χ1n) is 5.82. The highest BCUT2D eigenvalue weighted by Crippen LogP contribution is 2.08. The SMILES string of the molecule is CC(=O)c1ccc(C(=O)OCc2nccn2C)cc1. The molecule has 0 saturated carbocycles. The van der Waals surface area contributed by atoms with E-state index in [9.17, 15) is 9.59 Å². The zero-order valence-corrected chi connectivity index (χ0v) is 10.8. The molecule has 2 aromatic rings. The number of aromatic nitrogens is 2. The molecule has 0 saturated heterocycles. The Kier molecular flexibility index (Phi) is 3.75. The minimum absolute atomic E-state index is 0.0343. The molecule has 5 nitrogen and oxygen atoms in total. The van der Waals surface area contributed by atoms with Crippen LogP contribution in [-0.2, 0) is 18.4 Å². The van der Waals surface area contributed by atoms with E-state index in [-0.39, 0.29) is 12.4 Å². The van der Waals surface area contributed by atoms with Crippen LogP contribution in [0.15, 0.2) is 36.7 Å². The molecule has 0 atom stereocenters. The largest absolute Gasteiger partial charge is 0.454 e.